The maximum absolute atomic E-state index is 13.2. The number of halogens is 3. The van der Waals surface area contributed by atoms with Crippen molar-refractivity contribution in [2.75, 3.05) is 13.2 Å². The molecule has 30 heavy (non-hydrogen) atoms. The molecule has 0 aliphatic carbocycles. The Kier molecular flexibility index (Phi) is 8.86. The zero-order valence-corrected chi connectivity index (χ0v) is 16.5. The van der Waals surface area contributed by atoms with Gasteiger partial charge in [0.15, 0.2) is 5.78 Å². The number of rotatable bonds is 11. The summed E-state index contributed by atoms with van der Waals surface area (Å²) >= 11 is 0. The van der Waals surface area contributed by atoms with Crippen LogP contribution in [0.4, 0.5) is 13.2 Å². The van der Waals surface area contributed by atoms with E-state index < -0.39 is 30.5 Å². The number of hydrogen-bond donors (Lipinski definition) is 0. The Morgan fingerprint density at radius 3 is 2.27 bits per heavy atom. The molecule has 8 heteroatoms. The van der Waals surface area contributed by atoms with Gasteiger partial charge in [-0.15, -0.1) is 0 Å². The first-order valence-corrected chi connectivity index (χ1v) is 9.46. The largest absolute Gasteiger partial charge is 0.489 e. The van der Waals surface area contributed by atoms with Gasteiger partial charge in [0.25, 0.3) is 6.10 Å². The van der Waals surface area contributed by atoms with E-state index in [2.05, 4.69) is 4.74 Å². The van der Waals surface area contributed by atoms with Crippen LogP contribution in [0.2, 0.25) is 0 Å². The smallest absolute Gasteiger partial charge is 0.432 e. The van der Waals surface area contributed by atoms with Gasteiger partial charge in [0.2, 0.25) is 0 Å². The van der Waals surface area contributed by atoms with Crippen LogP contribution >= 0.6 is 0 Å². The van der Waals surface area contributed by atoms with Gasteiger partial charge in [-0.2, -0.15) is 13.2 Å². The predicted molar refractivity (Wildman–Crippen MR) is 103 cm³/mol. The molecule has 0 saturated heterocycles. The third kappa shape index (κ3) is 7.51. The summed E-state index contributed by atoms with van der Waals surface area (Å²) in [5, 5.41) is 0. The Morgan fingerprint density at radius 1 is 1.00 bits per heavy atom. The normalized spacial score (nSPS) is 12.3. The number of carbonyl (C=O) groups excluding carboxylic acids is 2. The van der Waals surface area contributed by atoms with Gasteiger partial charge in [-0.05, 0) is 43.2 Å². The molecule has 0 N–H and O–H groups in total. The van der Waals surface area contributed by atoms with E-state index >= 15 is 0 Å². The van der Waals surface area contributed by atoms with Crippen molar-refractivity contribution < 1.29 is 37.0 Å². The van der Waals surface area contributed by atoms with Gasteiger partial charge in [-0.25, -0.2) is 4.79 Å². The van der Waals surface area contributed by atoms with Gasteiger partial charge in [0.1, 0.15) is 12.4 Å². The summed E-state index contributed by atoms with van der Waals surface area (Å²) in [6.45, 7) is 2.60. The van der Waals surface area contributed by atoms with Gasteiger partial charge in [0.05, 0.1) is 5.56 Å². The molecule has 0 radical (unpaired) electrons. The quantitative estimate of drug-likeness (QED) is 0.385. The number of ether oxygens (including phenoxy) is 3. The Morgan fingerprint density at radius 2 is 1.67 bits per heavy atom. The van der Waals surface area contributed by atoms with Crippen molar-refractivity contribution in [3.8, 4) is 5.75 Å². The number of ketones is 1. The summed E-state index contributed by atoms with van der Waals surface area (Å²) in [5.74, 6) is -2.00. The number of benzene rings is 2. The van der Waals surface area contributed by atoms with E-state index in [1.807, 2.05) is 30.3 Å². The third-order valence-electron chi connectivity index (χ3n) is 4.07. The number of alkyl halides is 3. The van der Waals surface area contributed by atoms with Crippen molar-refractivity contribution in [2.24, 2.45) is 0 Å². The fraction of sp³-hybridized carbons (Fsp3) is 0.364. The summed E-state index contributed by atoms with van der Waals surface area (Å²) in [6.07, 6.45) is -8.08. The Bertz CT molecular complexity index is 804. The first-order valence-electron chi connectivity index (χ1n) is 9.46. The summed E-state index contributed by atoms with van der Waals surface area (Å²) in [5.41, 5.74) is 0.829. The van der Waals surface area contributed by atoms with Gasteiger partial charge in [-0.3, -0.25) is 4.79 Å². The van der Waals surface area contributed by atoms with Crippen molar-refractivity contribution in [3.63, 3.8) is 0 Å². The molecule has 5 nitrogen and oxygen atoms in total. The highest BCUT2D eigenvalue weighted by Gasteiger charge is 2.47. The molecule has 162 valence electrons. The summed E-state index contributed by atoms with van der Waals surface area (Å²) in [7, 11) is 0. The maximum atomic E-state index is 13.2. The second-order valence-corrected chi connectivity index (χ2v) is 6.39. The van der Waals surface area contributed by atoms with Crippen molar-refractivity contribution in [1.82, 2.24) is 0 Å². The lowest BCUT2D eigenvalue weighted by Crippen LogP contribution is -2.40. The Labute approximate surface area is 172 Å². The zero-order valence-electron chi connectivity index (χ0n) is 16.5. The fourth-order valence-corrected chi connectivity index (χ4v) is 2.54. The van der Waals surface area contributed by atoms with Crippen LogP contribution in [0.15, 0.2) is 54.6 Å². The molecule has 1 atom stereocenters. The third-order valence-corrected chi connectivity index (χ3v) is 4.07. The van der Waals surface area contributed by atoms with Gasteiger partial charge >= 0.3 is 12.1 Å². The van der Waals surface area contributed by atoms with Crippen molar-refractivity contribution in [3.05, 3.63) is 65.7 Å². The Balaban J connectivity index is 1.95. The highest BCUT2D eigenvalue weighted by molar-refractivity contribution is 5.93. The van der Waals surface area contributed by atoms with Crippen LogP contribution in [0.5, 0.6) is 5.75 Å². The maximum Gasteiger partial charge on any atom is 0.432 e. The summed E-state index contributed by atoms with van der Waals surface area (Å²) in [6, 6.07) is 14.9. The minimum Gasteiger partial charge on any atom is -0.489 e. The molecule has 0 saturated carbocycles. The molecule has 2 rings (SSSR count). The van der Waals surface area contributed by atoms with Gasteiger partial charge < -0.3 is 14.2 Å². The summed E-state index contributed by atoms with van der Waals surface area (Å²) < 4.78 is 54.7. The van der Waals surface area contributed by atoms with Crippen LogP contribution in [0.25, 0.3) is 0 Å². The lowest BCUT2D eigenvalue weighted by atomic mass is 10.1. The van der Waals surface area contributed by atoms with Crippen LogP contribution in [0.3, 0.4) is 0 Å². The molecule has 0 aromatic heterocycles. The molecule has 0 bridgehead atoms. The Hall–Kier alpha value is -2.87. The van der Waals surface area contributed by atoms with E-state index in [4.69, 9.17) is 9.47 Å². The SMILES string of the molecule is CCOCCCC(=O)[C@H](OC(=O)c1ccc(OCc2ccccc2)cc1)C(F)(F)F. The minimum atomic E-state index is -4.99. The predicted octanol–water partition coefficient (Wildman–Crippen LogP) is 4.74. The average molecular weight is 424 g/mol. The van der Waals surface area contributed by atoms with Crippen molar-refractivity contribution >= 4 is 11.8 Å². The molecular formula is C22H23F3O5. The molecular weight excluding hydrogens is 401 g/mol. The number of hydrogen-bond acceptors (Lipinski definition) is 5. The van der Waals surface area contributed by atoms with Gasteiger partial charge in [0, 0.05) is 19.6 Å². The van der Waals surface area contributed by atoms with E-state index in [9.17, 15) is 22.8 Å². The molecule has 0 heterocycles. The molecule has 0 fully saturated rings. The van der Waals surface area contributed by atoms with E-state index in [1.54, 1.807) is 6.92 Å². The first-order chi connectivity index (χ1) is 14.3. The first kappa shape index (κ1) is 23.4. The molecule has 0 unspecified atom stereocenters. The molecule has 0 aliphatic rings. The second-order valence-electron chi connectivity index (χ2n) is 6.39. The molecule has 0 spiro atoms. The minimum absolute atomic E-state index is 0.113. The van der Waals surface area contributed by atoms with Crippen molar-refractivity contribution in [1.29, 1.82) is 0 Å². The topological polar surface area (TPSA) is 61.8 Å². The van der Waals surface area contributed by atoms with Crippen molar-refractivity contribution in [2.45, 2.75) is 38.7 Å². The van der Waals surface area contributed by atoms with E-state index in [0.717, 1.165) is 5.56 Å². The van der Waals surface area contributed by atoms with Crippen LogP contribution < -0.4 is 4.74 Å². The summed E-state index contributed by atoms with van der Waals surface area (Å²) in [4.78, 5) is 24.1. The number of Topliss-reactive ketones (excluding diaryl/α,β-unsaturated/α-hetero) is 1. The highest BCUT2D eigenvalue weighted by Crippen LogP contribution is 2.26. The highest BCUT2D eigenvalue weighted by atomic mass is 19.4. The fourth-order valence-electron chi connectivity index (χ4n) is 2.54. The molecule has 2 aromatic carbocycles. The molecule has 0 amide bonds. The average Bonchev–Trinajstić information content (AvgIpc) is 2.73. The lowest BCUT2D eigenvalue weighted by Gasteiger charge is -2.19. The van der Waals surface area contributed by atoms with E-state index in [0.29, 0.717) is 19.0 Å². The lowest BCUT2D eigenvalue weighted by molar-refractivity contribution is -0.204. The van der Waals surface area contributed by atoms with Crippen LogP contribution in [0.1, 0.15) is 35.7 Å². The second kappa shape index (κ2) is 11.3. The van der Waals surface area contributed by atoms with E-state index in [1.165, 1.54) is 24.3 Å². The standard InChI is InChI=1S/C22H23F3O5/c1-2-28-14-6-9-19(26)20(22(23,24)25)30-21(27)17-10-12-18(13-11-17)29-15-16-7-4-3-5-8-16/h3-5,7-8,10-13,20H,2,6,9,14-15H2,1H3/t20-/m0/s1. The number of carbonyl (C=O) groups is 2. The number of esters is 1. The van der Waals surface area contributed by atoms with Crippen LogP contribution in [-0.2, 0) is 20.9 Å². The van der Waals surface area contributed by atoms with E-state index in [-0.39, 0.29) is 18.6 Å². The monoisotopic (exact) mass is 424 g/mol. The molecule has 2 aromatic rings. The zero-order chi connectivity index (χ0) is 22.0. The van der Waals surface area contributed by atoms with Crippen LogP contribution in [0, 0.1) is 0 Å². The van der Waals surface area contributed by atoms with Gasteiger partial charge in [-0.1, -0.05) is 30.3 Å². The molecule has 0 aliphatic heterocycles. The van der Waals surface area contributed by atoms with Crippen LogP contribution in [-0.4, -0.2) is 37.2 Å².